The van der Waals surface area contributed by atoms with Gasteiger partial charge < -0.3 is 9.64 Å². The molecule has 0 bridgehead atoms. The van der Waals surface area contributed by atoms with E-state index in [2.05, 4.69) is 27.6 Å². The minimum Gasteiger partial charge on any atom is -0.451 e. The van der Waals surface area contributed by atoms with Gasteiger partial charge in [0.1, 0.15) is 11.4 Å². The molecule has 2 aliphatic heterocycles. The van der Waals surface area contributed by atoms with E-state index in [1.807, 2.05) is 92.7 Å². The highest BCUT2D eigenvalue weighted by atomic mass is 127. The van der Waals surface area contributed by atoms with E-state index < -0.39 is 22.9 Å². The van der Waals surface area contributed by atoms with Crippen molar-refractivity contribution in [3.63, 3.8) is 0 Å². The minimum absolute atomic E-state index is 0.129. The first-order valence-corrected chi connectivity index (χ1v) is 13.0. The fourth-order valence-electron chi connectivity index (χ4n) is 4.47. The molecule has 172 valence electrons. The number of β-lactam (4-membered cyclic amide) rings is 1. The Morgan fingerprint density at radius 2 is 1.59 bits per heavy atom. The molecule has 0 aliphatic carbocycles. The number of aromatic nitrogens is 1. The van der Waals surface area contributed by atoms with Crippen molar-refractivity contribution < 1.29 is 14.3 Å². The number of amides is 1. The van der Waals surface area contributed by atoms with Gasteiger partial charge in [0, 0.05) is 10.9 Å². The normalized spacial score (nSPS) is 22.2. The molecule has 2 saturated heterocycles. The Balaban J connectivity index is 1.45. The SMILES string of the molecule is CC1(C)S[C@@H]2/C(=C(/I)c3ccccn3)C(=O)N2[C@H]1C(=O)OC(c1ccccc1)c1ccccc1. The van der Waals surface area contributed by atoms with Crippen LogP contribution in [0.3, 0.4) is 0 Å². The highest BCUT2D eigenvalue weighted by Crippen LogP contribution is 2.55. The zero-order valence-corrected chi connectivity index (χ0v) is 21.7. The number of benzene rings is 2. The van der Waals surface area contributed by atoms with Gasteiger partial charge in [0.2, 0.25) is 0 Å². The number of carbonyl (C=O) groups is 2. The molecule has 0 saturated carbocycles. The summed E-state index contributed by atoms with van der Waals surface area (Å²) in [4.78, 5) is 33.0. The number of pyridine rings is 1. The van der Waals surface area contributed by atoms with Gasteiger partial charge in [0.25, 0.3) is 5.91 Å². The Bertz CT molecular complexity index is 1210. The summed E-state index contributed by atoms with van der Waals surface area (Å²) in [5.41, 5.74) is 3.25. The number of hydrogen-bond acceptors (Lipinski definition) is 5. The summed E-state index contributed by atoms with van der Waals surface area (Å²) < 4.78 is 6.47. The number of nitrogens with zero attached hydrogens (tertiary/aromatic N) is 2. The van der Waals surface area contributed by atoms with Gasteiger partial charge >= 0.3 is 5.97 Å². The molecule has 5 nitrogen and oxygen atoms in total. The number of carbonyl (C=O) groups excluding carboxylic acids is 2. The predicted molar refractivity (Wildman–Crippen MR) is 142 cm³/mol. The van der Waals surface area contributed by atoms with Crippen LogP contribution >= 0.6 is 34.4 Å². The third-order valence-corrected chi connectivity index (χ3v) is 8.76. The standard InChI is InChI=1S/C27H23IN2O3S/c1-27(2)23(30-24(31)20(25(30)34-27)21(28)19-15-9-10-16-29-19)26(32)33-22(17-11-5-3-6-12-17)18-13-7-4-8-14-18/h3-16,22-23,25H,1-2H3/b21-20+/t23-,25+/m0/s1. The summed E-state index contributed by atoms with van der Waals surface area (Å²) >= 11 is 3.81. The number of hydrogen-bond donors (Lipinski definition) is 0. The van der Waals surface area contributed by atoms with Crippen molar-refractivity contribution in [1.29, 1.82) is 0 Å². The van der Waals surface area contributed by atoms with Crippen molar-refractivity contribution in [2.75, 3.05) is 0 Å². The van der Waals surface area contributed by atoms with Crippen molar-refractivity contribution in [3.8, 4) is 0 Å². The van der Waals surface area contributed by atoms with Crippen molar-refractivity contribution >= 4 is 49.8 Å². The molecular weight excluding hydrogens is 559 g/mol. The van der Waals surface area contributed by atoms with Gasteiger partial charge in [-0.15, -0.1) is 11.8 Å². The second kappa shape index (κ2) is 9.19. The lowest BCUT2D eigenvalue weighted by molar-refractivity contribution is -0.160. The van der Waals surface area contributed by atoms with Crippen LogP contribution in [0.25, 0.3) is 3.58 Å². The van der Waals surface area contributed by atoms with E-state index in [0.29, 0.717) is 5.57 Å². The van der Waals surface area contributed by atoms with Gasteiger partial charge in [0.05, 0.1) is 14.8 Å². The van der Waals surface area contributed by atoms with E-state index in [1.54, 1.807) is 22.9 Å². The van der Waals surface area contributed by atoms with E-state index in [4.69, 9.17) is 4.74 Å². The highest BCUT2D eigenvalue weighted by Gasteiger charge is 2.62. The largest absolute Gasteiger partial charge is 0.451 e. The molecule has 0 spiro atoms. The fourth-order valence-corrected chi connectivity index (χ4v) is 7.11. The lowest BCUT2D eigenvalue weighted by Gasteiger charge is -2.40. The Morgan fingerprint density at radius 3 is 2.15 bits per heavy atom. The fraction of sp³-hybridized carbons (Fsp3) is 0.222. The van der Waals surface area contributed by atoms with Gasteiger partial charge in [-0.25, -0.2) is 4.79 Å². The topological polar surface area (TPSA) is 59.5 Å². The summed E-state index contributed by atoms with van der Waals surface area (Å²) in [7, 11) is 0. The molecule has 2 atom stereocenters. The zero-order valence-electron chi connectivity index (χ0n) is 18.7. The van der Waals surface area contributed by atoms with Crippen molar-refractivity contribution in [2.45, 2.75) is 36.1 Å². The van der Waals surface area contributed by atoms with Crippen LogP contribution in [0.2, 0.25) is 0 Å². The van der Waals surface area contributed by atoms with Crippen molar-refractivity contribution in [1.82, 2.24) is 9.88 Å². The summed E-state index contributed by atoms with van der Waals surface area (Å²) in [5, 5.41) is -0.194. The van der Waals surface area contributed by atoms with Crippen LogP contribution in [0.4, 0.5) is 0 Å². The van der Waals surface area contributed by atoms with Crippen LogP contribution in [-0.2, 0) is 14.3 Å². The van der Waals surface area contributed by atoms with E-state index >= 15 is 0 Å². The maximum atomic E-state index is 13.6. The minimum atomic E-state index is -0.679. The van der Waals surface area contributed by atoms with Gasteiger partial charge in [0.15, 0.2) is 6.10 Å². The molecule has 1 amide bonds. The molecule has 2 aliphatic rings. The highest BCUT2D eigenvalue weighted by molar-refractivity contribution is 14.1. The Hall–Kier alpha value is -2.65. The molecular formula is C27H23IN2O3S. The maximum Gasteiger partial charge on any atom is 0.331 e. The summed E-state index contributed by atoms with van der Waals surface area (Å²) in [6, 6.07) is 24.4. The molecule has 3 aromatic rings. The monoisotopic (exact) mass is 582 g/mol. The van der Waals surface area contributed by atoms with E-state index in [-0.39, 0.29) is 11.3 Å². The Kier molecular flexibility index (Phi) is 6.24. The Labute approximate surface area is 216 Å². The first-order chi connectivity index (χ1) is 16.4. The predicted octanol–water partition coefficient (Wildman–Crippen LogP) is 5.62. The van der Waals surface area contributed by atoms with Crippen LogP contribution in [0, 0.1) is 0 Å². The lowest BCUT2D eigenvalue weighted by Crippen LogP contribution is -2.59. The van der Waals surface area contributed by atoms with Crippen LogP contribution in [0.1, 0.15) is 36.8 Å². The molecule has 3 heterocycles. The third-order valence-electron chi connectivity index (χ3n) is 6.10. The van der Waals surface area contributed by atoms with Crippen molar-refractivity contribution in [3.05, 3.63) is 107 Å². The second-order valence-corrected chi connectivity index (χ2v) is 11.6. The lowest BCUT2D eigenvalue weighted by atomic mass is 9.94. The Morgan fingerprint density at radius 1 is 1.00 bits per heavy atom. The maximum absolute atomic E-state index is 13.6. The molecule has 34 heavy (non-hydrogen) atoms. The van der Waals surface area contributed by atoms with E-state index in [0.717, 1.165) is 20.4 Å². The average molecular weight is 582 g/mol. The first-order valence-electron chi connectivity index (χ1n) is 11.0. The van der Waals surface area contributed by atoms with Crippen LogP contribution in [-0.4, -0.2) is 37.9 Å². The summed E-state index contributed by atoms with van der Waals surface area (Å²) in [5.74, 6) is -0.519. The number of esters is 1. The number of halogens is 1. The molecule has 0 N–H and O–H groups in total. The molecule has 7 heteroatoms. The quantitative estimate of drug-likeness (QED) is 0.169. The molecule has 1 aromatic heterocycles. The van der Waals surface area contributed by atoms with E-state index in [9.17, 15) is 9.59 Å². The molecule has 5 rings (SSSR count). The number of thioether (sulfide) groups is 1. The van der Waals surface area contributed by atoms with E-state index in [1.165, 1.54) is 0 Å². The smallest absolute Gasteiger partial charge is 0.331 e. The van der Waals surface area contributed by atoms with Crippen LogP contribution < -0.4 is 0 Å². The number of ether oxygens (including phenoxy) is 1. The second-order valence-electron chi connectivity index (χ2n) is 8.77. The van der Waals surface area contributed by atoms with Gasteiger partial charge in [-0.05, 0) is 59.7 Å². The summed E-state index contributed by atoms with van der Waals surface area (Å²) in [6.45, 7) is 4.00. The molecule has 2 aromatic carbocycles. The van der Waals surface area contributed by atoms with Gasteiger partial charge in [-0.1, -0.05) is 66.7 Å². The van der Waals surface area contributed by atoms with Crippen LogP contribution in [0.15, 0.2) is 90.6 Å². The third kappa shape index (κ3) is 4.05. The van der Waals surface area contributed by atoms with Crippen LogP contribution in [0.5, 0.6) is 0 Å². The van der Waals surface area contributed by atoms with Crippen molar-refractivity contribution in [2.24, 2.45) is 0 Å². The number of rotatable bonds is 5. The zero-order chi connectivity index (χ0) is 23.9. The molecule has 0 radical (unpaired) electrons. The number of fused-ring (bicyclic) bond motifs is 1. The molecule has 0 unspecified atom stereocenters. The molecule has 2 fully saturated rings. The first kappa shape index (κ1) is 23.1. The summed E-state index contributed by atoms with van der Waals surface area (Å²) in [6.07, 6.45) is 1.17. The van der Waals surface area contributed by atoms with Gasteiger partial charge in [-0.3, -0.25) is 9.78 Å². The van der Waals surface area contributed by atoms with Gasteiger partial charge in [-0.2, -0.15) is 0 Å². The average Bonchev–Trinajstić information content (AvgIpc) is 3.11.